The van der Waals surface area contributed by atoms with Crippen LogP contribution in [0.25, 0.3) is 0 Å². The molecule has 0 radical (unpaired) electrons. The second kappa shape index (κ2) is 3.58. The molecule has 0 spiro atoms. The fourth-order valence-corrected chi connectivity index (χ4v) is 2.28. The first-order valence-corrected chi connectivity index (χ1v) is 5.61. The number of carbonyl (C=O) groups is 1. The third kappa shape index (κ3) is 2.04. The first-order valence-electron chi connectivity index (χ1n) is 3.69. The maximum atomic E-state index is 13.9. The third-order valence-electron chi connectivity index (χ3n) is 1.91. The molecule has 1 aliphatic carbocycles. The number of carboxylic acid groups (broad SMARTS) is 1. The highest BCUT2D eigenvalue weighted by atomic mass is 35.5. The van der Waals surface area contributed by atoms with Crippen LogP contribution < -0.4 is 5.14 Å². The van der Waals surface area contributed by atoms with Crippen LogP contribution in [-0.4, -0.2) is 24.5 Å². The van der Waals surface area contributed by atoms with E-state index in [1.54, 1.807) is 0 Å². The SMILES string of the molecule is NS(=O)(=O)C1(F)C=C(Cl)C=CC1C(=O)O. The standard InChI is InChI=1S/C7H7ClFNO4S/c8-4-1-2-5(6(11)12)7(9,3-4)15(10,13)14/h1-3,5H,(H,11,12)(H2,10,13,14). The first-order chi connectivity index (χ1) is 6.68. The maximum Gasteiger partial charge on any atom is 0.315 e. The summed E-state index contributed by atoms with van der Waals surface area (Å²) in [5, 5.41) is 9.85. The van der Waals surface area contributed by atoms with Crippen LogP contribution >= 0.6 is 11.6 Å². The van der Waals surface area contributed by atoms with Gasteiger partial charge in [0, 0.05) is 5.03 Å². The highest BCUT2D eigenvalue weighted by Gasteiger charge is 2.51. The van der Waals surface area contributed by atoms with Gasteiger partial charge in [0.15, 0.2) is 0 Å². The predicted octanol–water partition coefficient (Wildman–Crippen LogP) is 0.334. The highest BCUT2D eigenvalue weighted by Crippen LogP contribution is 2.35. The summed E-state index contributed by atoms with van der Waals surface area (Å²) in [7, 11) is -4.71. The van der Waals surface area contributed by atoms with Gasteiger partial charge < -0.3 is 5.11 Å². The van der Waals surface area contributed by atoms with Gasteiger partial charge in [0.1, 0.15) is 5.92 Å². The number of hydrogen-bond donors (Lipinski definition) is 2. The van der Waals surface area contributed by atoms with E-state index < -0.39 is 26.9 Å². The van der Waals surface area contributed by atoms with Crippen molar-refractivity contribution in [1.82, 2.24) is 0 Å². The Balaban J connectivity index is 3.36. The number of sulfonamides is 1. The van der Waals surface area contributed by atoms with E-state index in [1.165, 1.54) is 0 Å². The zero-order chi connectivity index (χ0) is 11.9. The van der Waals surface area contributed by atoms with Gasteiger partial charge in [-0.25, -0.2) is 17.9 Å². The molecular formula is C7H7ClFNO4S. The second-order valence-corrected chi connectivity index (χ2v) is 5.10. The molecule has 15 heavy (non-hydrogen) atoms. The predicted molar refractivity (Wildman–Crippen MR) is 51.1 cm³/mol. The van der Waals surface area contributed by atoms with Crippen molar-refractivity contribution < 1.29 is 22.7 Å². The van der Waals surface area contributed by atoms with Gasteiger partial charge in [0.2, 0.25) is 10.0 Å². The molecule has 2 atom stereocenters. The lowest BCUT2D eigenvalue weighted by molar-refractivity contribution is -0.142. The number of nitrogens with two attached hydrogens (primary N) is 1. The lowest BCUT2D eigenvalue weighted by Crippen LogP contribution is -2.47. The Labute approximate surface area is 90.1 Å². The Bertz CT molecular complexity index is 458. The van der Waals surface area contributed by atoms with Crippen LogP contribution in [0.15, 0.2) is 23.3 Å². The van der Waals surface area contributed by atoms with E-state index in [0.717, 1.165) is 12.2 Å². The molecule has 1 aliphatic rings. The van der Waals surface area contributed by atoms with E-state index in [9.17, 15) is 17.6 Å². The van der Waals surface area contributed by atoms with E-state index in [4.69, 9.17) is 16.7 Å². The van der Waals surface area contributed by atoms with E-state index in [0.29, 0.717) is 6.08 Å². The van der Waals surface area contributed by atoms with Gasteiger partial charge in [-0.1, -0.05) is 17.7 Å². The number of rotatable bonds is 2. The van der Waals surface area contributed by atoms with Crippen LogP contribution in [0.1, 0.15) is 0 Å². The molecule has 0 fully saturated rings. The number of allylic oxidation sites excluding steroid dienone is 2. The monoisotopic (exact) mass is 255 g/mol. The summed E-state index contributed by atoms with van der Waals surface area (Å²) in [6.45, 7) is 0. The van der Waals surface area contributed by atoms with Gasteiger partial charge in [0.25, 0.3) is 5.00 Å². The minimum Gasteiger partial charge on any atom is -0.481 e. The normalized spacial score (nSPS) is 31.1. The van der Waals surface area contributed by atoms with Crippen molar-refractivity contribution in [3.8, 4) is 0 Å². The quantitative estimate of drug-likeness (QED) is 0.743. The minimum absolute atomic E-state index is 0.218. The molecule has 8 heteroatoms. The number of carboxylic acids is 1. The van der Waals surface area contributed by atoms with Crippen LogP contribution in [0, 0.1) is 5.92 Å². The second-order valence-electron chi connectivity index (χ2n) is 2.95. The van der Waals surface area contributed by atoms with Crippen molar-refractivity contribution >= 4 is 27.6 Å². The average Bonchev–Trinajstić information content (AvgIpc) is 2.00. The molecule has 0 aromatic carbocycles. The number of aliphatic carboxylic acids is 1. The molecule has 3 N–H and O–H groups in total. The van der Waals surface area contributed by atoms with E-state index >= 15 is 0 Å². The Morgan fingerprint density at radius 2 is 2.20 bits per heavy atom. The molecule has 0 bridgehead atoms. The van der Waals surface area contributed by atoms with Crippen molar-refractivity contribution in [2.45, 2.75) is 5.00 Å². The molecule has 0 aromatic heterocycles. The van der Waals surface area contributed by atoms with Crippen LogP contribution in [0.5, 0.6) is 0 Å². The lowest BCUT2D eigenvalue weighted by atomic mass is 9.98. The molecule has 5 nitrogen and oxygen atoms in total. The molecule has 0 aliphatic heterocycles. The van der Waals surface area contributed by atoms with Gasteiger partial charge in [-0.15, -0.1) is 0 Å². The van der Waals surface area contributed by atoms with Crippen LogP contribution in [0.2, 0.25) is 0 Å². The first kappa shape index (κ1) is 12.2. The van der Waals surface area contributed by atoms with E-state index in [1.807, 2.05) is 0 Å². The molecule has 0 aromatic rings. The van der Waals surface area contributed by atoms with Crippen LogP contribution in [-0.2, 0) is 14.8 Å². The van der Waals surface area contributed by atoms with Crippen molar-refractivity contribution in [3.63, 3.8) is 0 Å². The topological polar surface area (TPSA) is 97.5 Å². The number of primary sulfonamides is 1. The van der Waals surface area contributed by atoms with Gasteiger partial charge in [-0.05, 0) is 12.2 Å². The van der Waals surface area contributed by atoms with Crippen molar-refractivity contribution in [2.24, 2.45) is 11.1 Å². The molecule has 2 unspecified atom stereocenters. The van der Waals surface area contributed by atoms with Gasteiger partial charge in [0.05, 0.1) is 0 Å². The van der Waals surface area contributed by atoms with E-state index in [-0.39, 0.29) is 5.03 Å². The summed E-state index contributed by atoms with van der Waals surface area (Å²) in [4.78, 5) is 10.6. The third-order valence-corrected chi connectivity index (χ3v) is 3.39. The van der Waals surface area contributed by atoms with Gasteiger partial charge in [-0.3, -0.25) is 4.79 Å². The van der Waals surface area contributed by atoms with Crippen LogP contribution in [0.4, 0.5) is 4.39 Å². The van der Waals surface area contributed by atoms with Crippen LogP contribution in [0.3, 0.4) is 0 Å². The zero-order valence-corrected chi connectivity index (χ0v) is 8.80. The molecule has 84 valence electrons. The largest absolute Gasteiger partial charge is 0.481 e. The van der Waals surface area contributed by atoms with Gasteiger partial charge in [-0.2, -0.15) is 0 Å². The maximum absolute atomic E-state index is 13.9. The summed E-state index contributed by atoms with van der Waals surface area (Å²) in [5.41, 5.74) is 0. The summed E-state index contributed by atoms with van der Waals surface area (Å²) in [6.07, 6.45) is 2.42. The number of alkyl halides is 1. The molecule has 1 rings (SSSR count). The Hall–Kier alpha value is -0.920. The van der Waals surface area contributed by atoms with Crippen molar-refractivity contribution in [1.29, 1.82) is 0 Å². The smallest absolute Gasteiger partial charge is 0.315 e. The fourth-order valence-electron chi connectivity index (χ4n) is 1.16. The molecule has 0 saturated carbocycles. The molecular weight excluding hydrogens is 249 g/mol. The Kier molecular flexibility index (Phi) is 2.90. The Morgan fingerprint density at radius 3 is 2.60 bits per heavy atom. The van der Waals surface area contributed by atoms with Crippen molar-refractivity contribution in [2.75, 3.05) is 0 Å². The lowest BCUT2D eigenvalue weighted by Gasteiger charge is -2.26. The minimum atomic E-state index is -4.71. The summed E-state index contributed by atoms with van der Waals surface area (Å²) in [5.74, 6) is -3.53. The molecule has 0 heterocycles. The zero-order valence-electron chi connectivity index (χ0n) is 7.22. The average molecular weight is 256 g/mol. The number of halogens is 2. The van der Waals surface area contributed by atoms with Gasteiger partial charge >= 0.3 is 5.97 Å². The van der Waals surface area contributed by atoms with Crippen molar-refractivity contribution in [3.05, 3.63) is 23.3 Å². The summed E-state index contributed by atoms with van der Waals surface area (Å²) < 4.78 is 35.9. The Morgan fingerprint density at radius 1 is 1.67 bits per heavy atom. The molecule has 0 saturated heterocycles. The van der Waals surface area contributed by atoms with E-state index in [2.05, 4.69) is 5.14 Å². The summed E-state index contributed by atoms with van der Waals surface area (Å²) >= 11 is 5.40. The highest BCUT2D eigenvalue weighted by molar-refractivity contribution is 7.90. The fraction of sp³-hybridized carbons (Fsp3) is 0.286. The number of hydrogen-bond acceptors (Lipinski definition) is 3. The summed E-state index contributed by atoms with van der Waals surface area (Å²) in [6, 6.07) is 0. The molecule has 0 amide bonds.